The van der Waals surface area contributed by atoms with Crippen LogP contribution in [0.15, 0.2) is 67.1 Å². The second-order valence-electron chi connectivity index (χ2n) is 9.97. The van der Waals surface area contributed by atoms with Gasteiger partial charge >= 0.3 is 5.97 Å². The van der Waals surface area contributed by atoms with Crippen molar-refractivity contribution >= 4 is 29.6 Å². The molecule has 0 aliphatic rings. The third-order valence-corrected chi connectivity index (χ3v) is 6.55. The number of aliphatic carboxylic acids is 1. The number of carboxylic acid groups (broad SMARTS) is 1. The van der Waals surface area contributed by atoms with Crippen molar-refractivity contribution in [2.24, 2.45) is 11.5 Å². The highest BCUT2D eigenvalue weighted by atomic mass is 16.4. The van der Waals surface area contributed by atoms with Crippen molar-refractivity contribution in [2.75, 3.05) is 0 Å². The van der Waals surface area contributed by atoms with Crippen LogP contribution in [-0.2, 0) is 43.2 Å². The molecule has 14 nitrogen and oxygen atoms in total. The Morgan fingerprint density at radius 3 is 1.98 bits per heavy atom. The normalized spacial score (nSPS) is 13.6. The Morgan fingerprint density at radius 2 is 1.37 bits per heavy atom. The van der Waals surface area contributed by atoms with E-state index in [-0.39, 0.29) is 37.9 Å². The second kappa shape index (κ2) is 15.7. The lowest BCUT2D eigenvalue weighted by Gasteiger charge is -2.25. The number of hydrogen-bond acceptors (Lipinski definition) is 8. The largest absolute Gasteiger partial charge is 0.508 e. The van der Waals surface area contributed by atoms with Crippen LogP contribution in [0.3, 0.4) is 0 Å². The Bertz CT molecular complexity index is 1380. The molecule has 43 heavy (non-hydrogen) atoms. The fourth-order valence-electron chi connectivity index (χ4n) is 4.23. The van der Waals surface area contributed by atoms with E-state index in [1.54, 1.807) is 42.5 Å². The van der Waals surface area contributed by atoms with Crippen LogP contribution in [0.2, 0.25) is 0 Å². The minimum atomic E-state index is -1.31. The van der Waals surface area contributed by atoms with Crippen molar-refractivity contribution in [1.82, 2.24) is 25.9 Å². The summed E-state index contributed by atoms with van der Waals surface area (Å²) in [7, 11) is 0. The van der Waals surface area contributed by atoms with Crippen molar-refractivity contribution in [3.63, 3.8) is 0 Å². The van der Waals surface area contributed by atoms with E-state index in [4.69, 9.17) is 11.5 Å². The average molecular weight is 594 g/mol. The van der Waals surface area contributed by atoms with Crippen molar-refractivity contribution < 1.29 is 34.2 Å². The maximum Gasteiger partial charge on any atom is 0.326 e. The first-order chi connectivity index (χ1) is 20.5. The molecule has 14 heteroatoms. The molecule has 10 N–H and O–H groups in total. The lowest BCUT2D eigenvalue weighted by molar-refractivity contribution is -0.142. The molecule has 0 spiro atoms. The van der Waals surface area contributed by atoms with E-state index in [0.717, 1.165) is 0 Å². The molecular formula is C29H35N7O7. The van der Waals surface area contributed by atoms with Crippen molar-refractivity contribution in [1.29, 1.82) is 0 Å². The van der Waals surface area contributed by atoms with Crippen LogP contribution >= 0.6 is 0 Å². The van der Waals surface area contributed by atoms with Gasteiger partial charge < -0.3 is 42.6 Å². The molecule has 1 heterocycles. The number of imidazole rings is 1. The van der Waals surface area contributed by atoms with Gasteiger partial charge in [0.25, 0.3) is 0 Å². The van der Waals surface area contributed by atoms with Crippen LogP contribution in [0.1, 0.15) is 29.7 Å². The van der Waals surface area contributed by atoms with Crippen LogP contribution in [0.5, 0.6) is 5.75 Å². The van der Waals surface area contributed by atoms with Gasteiger partial charge in [0.15, 0.2) is 0 Å². The molecule has 4 unspecified atom stereocenters. The van der Waals surface area contributed by atoms with Gasteiger partial charge in [-0.2, -0.15) is 0 Å². The number of carbonyl (C=O) groups excluding carboxylic acids is 4. The third-order valence-electron chi connectivity index (χ3n) is 6.55. The predicted molar refractivity (Wildman–Crippen MR) is 154 cm³/mol. The second-order valence-corrected chi connectivity index (χ2v) is 9.97. The minimum Gasteiger partial charge on any atom is -0.508 e. The number of aromatic nitrogens is 2. The number of primary amides is 1. The highest BCUT2D eigenvalue weighted by Crippen LogP contribution is 2.13. The number of H-pyrrole nitrogens is 1. The maximum absolute atomic E-state index is 13.4. The lowest BCUT2D eigenvalue weighted by atomic mass is 10.0. The zero-order valence-corrected chi connectivity index (χ0v) is 23.2. The van der Waals surface area contributed by atoms with E-state index in [1.165, 1.54) is 24.7 Å². The number of nitrogens with one attached hydrogen (secondary N) is 4. The molecule has 0 saturated heterocycles. The van der Waals surface area contributed by atoms with E-state index in [9.17, 15) is 34.2 Å². The number of carbonyl (C=O) groups is 5. The number of phenolic OH excluding ortho intramolecular Hbond substituents is 1. The number of aromatic hydroxyl groups is 1. The van der Waals surface area contributed by atoms with Gasteiger partial charge in [0.05, 0.1) is 12.4 Å². The minimum absolute atomic E-state index is 0.00664. The molecule has 4 atom stereocenters. The fourth-order valence-corrected chi connectivity index (χ4v) is 4.23. The molecule has 0 fully saturated rings. The summed E-state index contributed by atoms with van der Waals surface area (Å²) in [4.78, 5) is 69.9. The van der Waals surface area contributed by atoms with E-state index in [1.807, 2.05) is 0 Å². The molecule has 0 bridgehead atoms. The smallest absolute Gasteiger partial charge is 0.326 e. The zero-order chi connectivity index (χ0) is 31.4. The van der Waals surface area contributed by atoms with E-state index < -0.39 is 53.8 Å². The molecule has 3 aromatic rings. The Hall–Kier alpha value is -5.24. The molecule has 1 aromatic heterocycles. The van der Waals surface area contributed by atoms with E-state index >= 15 is 0 Å². The number of phenols is 1. The fraction of sp³-hybridized carbons (Fsp3) is 0.310. The van der Waals surface area contributed by atoms with Gasteiger partial charge in [-0.25, -0.2) is 9.78 Å². The number of rotatable bonds is 16. The number of nitrogens with two attached hydrogens (primary N) is 2. The summed E-state index contributed by atoms with van der Waals surface area (Å²) in [5, 5.41) is 27.0. The maximum atomic E-state index is 13.4. The van der Waals surface area contributed by atoms with Crippen molar-refractivity contribution in [3.05, 3.63) is 83.9 Å². The number of amides is 4. The summed E-state index contributed by atoms with van der Waals surface area (Å²) in [6.45, 7) is 0. The van der Waals surface area contributed by atoms with Gasteiger partial charge in [-0.1, -0.05) is 42.5 Å². The first-order valence-corrected chi connectivity index (χ1v) is 13.5. The highest BCUT2D eigenvalue weighted by molar-refractivity contribution is 5.94. The molecule has 228 valence electrons. The summed E-state index contributed by atoms with van der Waals surface area (Å²) < 4.78 is 0. The first kappa shape index (κ1) is 32.3. The Kier molecular flexibility index (Phi) is 11.8. The topological polar surface area (TPSA) is 243 Å². The zero-order valence-electron chi connectivity index (χ0n) is 23.2. The number of hydrogen-bond donors (Lipinski definition) is 8. The predicted octanol–water partition coefficient (Wildman–Crippen LogP) is -0.725. The van der Waals surface area contributed by atoms with Crippen molar-refractivity contribution in [2.45, 2.75) is 56.3 Å². The standard InChI is InChI=1S/C29H35N7O7/c30-21(14-19-15-32-16-33-19)26(39)34-22(10-11-25(31)38)27(40)35-23(12-18-6-8-20(37)9-7-18)28(41)36-24(29(42)43)13-17-4-2-1-3-5-17/h1-9,15-16,21-24,37H,10-14,30H2,(H2,31,38)(H,32,33)(H,34,39)(H,35,40)(H,36,41)(H,42,43). The third kappa shape index (κ3) is 10.6. The van der Waals surface area contributed by atoms with Gasteiger partial charge in [-0.05, 0) is 29.7 Å². The quantitative estimate of drug-likeness (QED) is 0.104. The monoisotopic (exact) mass is 593 g/mol. The number of nitrogens with zero attached hydrogens (tertiary/aromatic N) is 1. The lowest BCUT2D eigenvalue weighted by Crippen LogP contribution is -2.58. The SMILES string of the molecule is NC(=O)CCC(NC(=O)C(N)Cc1cnc[nH]1)C(=O)NC(Cc1ccc(O)cc1)C(=O)NC(Cc1ccccc1)C(=O)O. The molecule has 0 aliphatic heterocycles. The summed E-state index contributed by atoms with van der Waals surface area (Å²) in [5.41, 5.74) is 13.1. The van der Waals surface area contributed by atoms with Crippen LogP contribution < -0.4 is 27.4 Å². The Balaban J connectivity index is 1.79. The molecule has 3 rings (SSSR count). The molecular weight excluding hydrogens is 558 g/mol. The molecule has 0 aliphatic carbocycles. The average Bonchev–Trinajstić information content (AvgIpc) is 3.48. The van der Waals surface area contributed by atoms with Gasteiger partial charge in [-0.3, -0.25) is 19.2 Å². The molecule has 4 amide bonds. The van der Waals surface area contributed by atoms with Gasteiger partial charge in [-0.15, -0.1) is 0 Å². The van der Waals surface area contributed by atoms with Gasteiger partial charge in [0.2, 0.25) is 23.6 Å². The van der Waals surface area contributed by atoms with Gasteiger partial charge in [0.1, 0.15) is 23.9 Å². The summed E-state index contributed by atoms with van der Waals surface area (Å²) >= 11 is 0. The summed E-state index contributed by atoms with van der Waals surface area (Å²) in [6, 6.07) is 9.65. The summed E-state index contributed by atoms with van der Waals surface area (Å²) in [5.74, 6) is -4.28. The Morgan fingerprint density at radius 1 is 0.791 bits per heavy atom. The summed E-state index contributed by atoms with van der Waals surface area (Å²) in [6.07, 6.45) is 2.51. The van der Waals surface area contributed by atoms with Crippen LogP contribution in [-0.4, -0.2) is 73.9 Å². The first-order valence-electron chi connectivity index (χ1n) is 13.5. The van der Waals surface area contributed by atoms with E-state index in [2.05, 4.69) is 25.9 Å². The molecule has 0 radical (unpaired) electrons. The number of benzene rings is 2. The highest BCUT2D eigenvalue weighted by Gasteiger charge is 2.31. The van der Waals surface area contributed by atoms with Crippen LogP contribution in [0.4, 0.5) is 0 Å². The van der Waals surface area contributed by atoms with Crippen LogP contribution in [0.25, 0.3) is 0 Å². The van der Waals surface area contributed by atoms with E-state index in [0.29, 0.717) is 16.8 Å². The van der Waals surface area contributed by atoms with Gasteiger partial charge in [0, 0.05) is 37.6 Å². The number of aromatic amines is 1. The van der Waals surface area contributed by atoms with Crippen LogP contribution in [0, 0.1) is 0 Å². The molecule has 2 aromatic carbocycles. The van der Waals surface area contributed by atoms with Crippen molar-refractivity contribution in [3.8, 4) is 5.75 Å². The Labute approximate surface area is 247 Å². The number of carboxylic acids is 1. The molecule has 0 saturated carbocycles.